The van der Waals surface area contributed by atoms with Gasteiger partial charge in [0.05, 0.1) is 7.11 Å². The minimum Gasteiger partial charge on any atom is -0.494 e. The molecule has 0 spiro atoms. The van der Waals surface area contributed by atoms with Crippen LogP contribution in [0.15, 0.2) is 12.1 Å². The summed E-state index contributed by atoms with van der Waals surface area (Å²) in [6, 6.07) is 1.67. The molecular weight excluding hydrogens is 282 g/mol. The second-order valence-corrected chi connectivity index (χ2v) is 3.58. The van der Waals surface area contributed by atoms with Crippen LogP contribution in [0, 0.1) is 11.6 Å². The van der Waals surface area contributed by atoms with Crippen molar-refractivity contribution in [2.45, 2.75) is 0 Å². The van der Waals surface area contributed by atoms with E-state index in [0.717, 1.165) is 12.1 Å². The van der Waals surface area contributed by atoms with E-state index in [0.29, 0.717) is 0 Å². The third-order valence-corrected chi connectivity index (χ3v) is 2.20. The van der Waals surface area contributed by atoms with Gasteiger partial charge in [0, 0.05) is 0 Å². The second-order valence-electron chi connectivity index (χ2n) is 3.24. The first kappa shape index (κ1) is 13.2. The number of benzene rings is 1. The summed E-state index contributed by atoms with van der Waals surface area (Å²) in [5.74, 6) is -3.13. The number of rotatable bonds is 3. The van der Waals surface area contributed by atoms with Gasteiger partial charge in [-0.05, 0) is 23.7 Å². The molecule has 0 fully saturated rings. The second kappa shape index (κ2) is 5.19. The van der Waals surface area contributed by atoms with Crippen LogP contribution in [0.25, 0.3) is 0 Å². The van der Waals surface area contributed by atoms with Gasteiger partial charge in [0.1, 0.15) is 0 Å². The smallest absolute Gasteiger partial charge is 0.328 e. The maximum atomic E-state index is 13.8. The Balaban J connectivity index is 2.42. The lowest BCUT2D eigenvalue weighted by Gasteiger charge is -2.09. The van der Waals surface area contributed by atoms with Crippen LogP contribution in [0.4, 0.5) is 14.7 Å². The number of methoxy groups -OCH3 is 1. The minimum atomic E-state index is -1.03. The van der Waals surface area contributed by atoms with Crippen molar-refractivity contribution in [2.75, 3.05) is 12.8 Å². The summed E-state index contributed by atoms with van der Waals surface area (Å²) in [6.07, 6.45) is 0. The van der Waals surface area contributed by atoms with Gasteiger partial charge in [0.2, 0.25) is 22.8 Å². The summed E-state index contributed by atoms with van der Waals surface area (Å²) in [7, 11) is 1.23. The Morgan fingerprint density at radius 3 is 2.58 bits per heavy atom. The zero-order chi connectivity index (χ0) is 14.0. The highest BCUT2D eigenvalue weighted by Crippen LogP contribution is 2.32. The fourth-order valence-corrected chi connectivity index (χ4v) is 1.41. The molecule has 1 aromatic carbocycles. The zero-order valence-corrected chi connectivity index (χ0v) is 10.3. The van der Waals surface area contributed by atoms with Crippen molar-refractivity contribution in [3.05, 3.63) is 29.1 Å². The van der Waals surface area contributed by atoms with Crippen molar-refractivity contribution in [1.82, 2.24) is 15.0 Å². The average molecular weight is 289 g/mol. The summed E-state index contributed by atoms with van der Waals surface area (Å²) in [6.45, 7) is 0. The van der Waals surface area contributed by atoms with Crippen LogP contribution in [0.2, 0.25) is 5.28 Å². The molecule has 0 aliphatic rings. The first-order valence-corrected chi connectivity index (χ1v) is 5.26. The molecule has 0 radical (unpaired) electrons. The Bertz CT molecular complexity index is 606. The fourth-order valence-electron chi connectivity index (χ4n) is 1.25. The molecule has 0 saturated carbocycles. The fraction of sp³-hybridized carbons (Fsp3) is 0.100. The van der Waals surface area contributed by atoms with Crippen LogP contribution in [-0.4, -0.2) is 22.1 Å². The maximum absolute atomic E-state index is 13.8. The van der Waals surface area contributed by atoms with Gasteiger partial charge in [0.25, 0.3) is 0 Å². The first-order valence-electron chi connectivity index (χ1n) is 4.88. The molecule has 0 unspecified atom stereocenters. The van der Waals surface area contributed by atoms with Crippen molar-refractivity contribution in [1.29, 1.82) is 0 Å². The van der Waals surface area contributed by atoms with E-state index in [1.54, 1.807) is 0 Å². The number of anilines is 1. The number of nitrogens with two attached hydrogens (primary N) is 1. The molecule has 0 atom stereocenters. The van der Waals surface area contributed by atoms with Crippen molar-refractivity contribution in [3.63, 3.8) is 0 Å². The summed E-state index contributed by atoms with van der Waals surface area (Å²) >= 11 is 5.52. The van der Waals surface area contributed by atoms with Crippen LogP contribution >= 0.6 is 11.6 Å². The van der Waals surface area contributed by atoms with Gasteiger partial charge < -0.3 is 15.2 Å². The Morgan fingerprint density at radius 1 is 1.21 bits per heavy atom. The summed E-state index contributed by atoms with van der Waals surface area (Å²) in [5, 5.41) is -0.258. The van der Waals surface area contributed by atoms with Gasteiger partial charge in [-0.2, -0.15) is 19.3 Å². The summed E-state index contributed by atoms with van der Waals surface area (Å²) < 4.78 is 36.9. The zero-order valence-electron chi connectivity index (χ0n) is 9.52. The number of hydrogen-bond donors (Lipinski definition) is 1. The van der Waals surface area contributed by atoms with Crippen molar-refractivity contribution in [3.8, 4) is 17.5 Å². The average Bonchev–Trinajstić information content (AvgIpc) is 2.33. The lowest BCUT2D eigenvalue weighted by atomic mass is 10.3. The van der Waals surface area contributed by atoms with E-state index in [4.69, 9.17) is 26.8 Å². The molecule has 0 aliphatic heterocycles. The highest BCUT2D eigenvalue weighted by molar-refractivity contribution is 6.28. The predicted molar refractivity (Wildman–Crippen MR) is 62.2 cm³/mol. The third-order valence-electron chi connectivity index (χ3n) is 2.03. The number of hydrogen-bond acceptors (Lipinski definition) is 6. The van der Waals surface area contributed by atoms with Gasteiger partial charge in [0.15, 0.2) is 11.6 Å². The first-order chi connectivity index (χ1) is 9.01. The highest BCUT2D eigenvalue weighted by Gasteiger charge is 2.18. The van der Waals surface area contributed by atoms with Crippen LogP contribution in [-0.2, 0) is 0 Å². The molecule has 100 valence electrons. The number of aromatic nitrogens is 3. The topological polar surface area (TPSA) is 83.2 Å². The molecule has 2 aromatic rings. The Hall–Kier alpha value is -2.22. The molecule has 19 heavy (non-hydrogen) atoms. The van der Waals surface area contributed by atoms with Crippen molar-refractivity contribution >= 4 is 17.5 Å². The predicted octanol–water partition coefficient (Wildman–Crippen LogP) is 2.19. The number of halogens is 3. The summed E-state index contributed by atoms with van der Waals surface area (Å²) in [5.41, 5.74) is 5.31. The molecule has 0 aliphatic carbocycles. The van der Waals surface area contributed by atoms with E-state index in [1.165, 1.54) is 7.11 Å². The number of nitrogens with zero attached hydrogens (tertiary/aromatic N) is 3. The van der Waals surface area contributed by atoms with Gasteiger partial charge in [-0.1, -0.05) is 0 Å². The molecule has 0 amide bonds. The molecule has 1 aromatic heterocycles. The summed E-state index contributed by atoms with van der Waals surface area (Å²) in [4.78, 5) is 10.6. The monoisotopic (exact) mass is 288 g/mol. The maximum Gasteiger partial charge on any atom is 0.328 e. The van der Waals surface area contributed by atoms with Crippen molar-refractivity contribution in [2.24, 2.45) is 0 Å². The van der Waals surface area contributed by atoms with E-state index in [2.05, 4.69) is 15.0 Å². The third kappa shape index (κ3) is 2.79. The normalized spacial score (nSPS) is 10.3. The van der Waals surface area contributed by atoms with Gasteiger partial charge in [-0.15, -0.1) is 0 Å². The van der Waals surface area contributed by atoms with E-state index in [1.807, 2.05) is 0 Å². The Morgan fingerprint density at radius 2 is 1.95 bits per heavy atom. The Kier molecular flexibility index (Phi) is 3.61. The molecule has 2 N–H and O–H groups in total. The van der Waals surface area contributed by atoms with Crippen LogP contribution in [0.5, 0.6) is 17.5 Å². The van der Waals surface area contributed by atoms with E-state index >= 15 is 0 Å². The molecule has 0 saturated heterocycles. The van der Waals surface area contributed by atoms with Gasteiger partial charge in [-0.3, -0.25) is 0 Å². The molecule has 2 rings (SSSR count). The van der Waals surface area contributed by atoms with Crippen LogP contribution < -0.4 is 15.2 Å². The molecule has 0 bridgehead atoms. The molecule has 1 heterocycles. The van der Waals surface area contributed by atoms with E-state index in [-0.39, 0.29) is 17.0 Å². The van der Waals surface area contributed by atoms with Crippen LogP contribution in [0.1, 0.15) is 0 Å². The van der Waals surface area contributed by atoms with E-state index in [9.17, 15) is 8.78 Å². The largest absolute Gasteiger partial charge is 0.494 e. The lowest BCUT2D eigenvalue weighted by molar-refractivity contribution is 0.346. The highest BCUT2D eigenvalue weighted by atomic mass is 35.5. The standard InChI is InChI=1S/C10H7ClF2N4O2/c1-18-5-3-2-4(12)7(6(5)13)19-10-16-8(11)15-9(14)17-10/h2-3H,1H3,(H2,14,15,16,17). The number of nitrogen functional groups attached to an aromatic ring is 1. The molecule has 9 heteroatoms. The van der Waals surface area contributed by atoms with Crippen molar-refractivity contribution < 1.29 is 18.3 Å². The SMILES string of the molecule is COc1ccc(F)c(Oc2nc(N)nc(Cl)n2)c1F. The van der Waals surface area contributed by atoms with E-state index < -0.39 is 23.4 Å². The molecule has 6 nitrogen and oxygen atoms in total. The van der Waals surface area contributed by atoms with Crippen LogP contribution in [0.3, 0.4) is 0 Å². The minimum absolute atomic E-state index is 0.190. The lowest BCUT2D eigenvalue weighted by Crippen LogP contribution is -2.03. The van der Waals surface area contributed by atoms with Gasteiger partial charge in [-0.25, -0.2) is 4.39 Å². The molecular formula is C10H7ClF2N4O2. The Labute approximate surface area is 111 Å². The number of ether oxygens (including phenoxy) is 2. The quantitative estimate of drug-likeness (QED) is 0.932. The van der Waals surface area contributed by atoms with Gasteiger partial charge >= 0.3 is 6.01 Å².